The third-order valence-electron chi connectivity index (χ3n) is 2.75. The van der Waals surface area contributed by atoms with Crippen molar-refractivity contribution in [1.82, 2.24) is 9.78 Å². The molecule has 0 amide bonds. The Labute approximate surface area is 130 Å². The second kappa shape index (κ2) is 6.59. The first-order valence-corrected chi connectivity index (χ1v) is 7.88. The summed E-state index contributed by atoms with van der Waals surface area (Å²) in [5, 5.41) is 3.48. The summed E-state index contributed by atoms with van der Waals surface area (Å²) in [6.07, 6.45) is -2.44. The smallest absolute Gasteiger partial charge is 0.380 e. The minimum atomic E-state index is -4.43. The molecule has 0 bridgehead atoms. The molecule has 0 aliphatic heterocycles. The van der Waals surface area contributed by atoms with Crippen LogP contribution in [-0.2, 0) is 27.9 Å². The van der Waals surface area contributed by atoms with E-state index in [-0.39, 0.29) is 17.2 Å². The lowest BCUT2D eigenvalue weighted by molar-refractivity contribution is -0.142. The lowest BCUT2D eigenvalue weighted by atomic mass is 10.2. The van der Waals surface area contributed by atoms with Gasteiger partial charge in [0.05, 0.1) is 23.4 Å². The van der Waals surface area contributed by atoms with Gasteiger partial charge in [-0.2, -0.15) is 18.3 Å². The number of alkyl halides is 3. The van der Waals surface area contributed by atoms with Gasteiger partial charge in [-0.3, -0.25) is 9.40 Å². The Kier molecular flexibility index (Phi) is 4.95. The fraction of sp³-hybridized carbons (Fsp3) is 0.308. The number of anilines is 1. The molecule has 0 spiro atoms. The van der Waals surface area contributed by atoms with Gasteiger partial charge in [0.1, 0.15) is 6.54 Å². The van der Waals surface area contributed by atoms with E-state index in [9.17, 15) is 21.6 Å². The molecule has 2 rings (SSSR count). The number of nitrogens with zero attached hydrogens (tertiary/aromatic N) is 2. The lowest BCUT2D eigenvalue weighted by Crippen LogP contribution is -2.18. The van der Waals surface area contributed by atoms with E-state index in [4.69, 9.17) is 4.74 Å². The summed E-state index contributed by atoms with van der Waals surface area (Å²) in [7, 11) is -2.44. The summed E-state index contributed by atoms with van der Waals surface area (Å²) in [5.74, 6) is 0. The third kappa shape index (κ3) is 4.96. The molecular formula is C13H14F3N3O3S. The van der Waals surface area contributed by atoms with Crippen LogP contribution in [0.1, 0.15) is 5.56 Å². The van der Waals surface area contributed by atoms with Crippen LogP contribution in [0.15, 0.2) is 41.6 Å². The maximum atomic E-state index is 12.3. The Morgan fingerprint density at radius 2 is 2.09 bits per heavy atom. The summed E-state index contributed by atoms with van der Waals surface area (Å²) >= 11 is 0. The minimum Gasteiger partial charge on any atom is -0.380 e. The molecule has 1 aromatic heterocycles. The summed E-state index contributed by atoms with van der Waals surface area (Å²) in [4.78, 5) is -0.0179. The summed E-state index contributed by atoms with van der Waals surface area (Å²) in [6, 6.07) is 6.05. The van der Waals surface area contributed by atoms with E-state index < -0.39 is 22.7 Å². The maximum absolute atomic E-state index is 12.3. The van der Waals surface area contributed by atoms with E-state index in [1.807, 2.05) is 0 Å². The van der Waals surface area contributed by atoms with Gasteiger partial charge < -0.3 is 4.74 Å². The number of benzene rings is 1. The number of aromatic nitrogens is 2. The van der Waals surface area contributed by atoms with Crippen LogP contribution in [0.25, 0.3) is 0 Å². The summed E-state index contributed by atoms with van der Waals surface area (Å²) < 4.78 is 69.0. The van der Waals surface area contributed by atoms with E-state index in [1.54, 1.807) is 12.1 Å². The van der Waals surface area contributed by atoms with E-state index in [0.29, 0.717) is 10.2 Å². The molecule has 0 fully saturated rings. The molecule has 0 saturated heterocycles. The molecule has 0 aliphatic rings. The van der Waals surface area contributed by atoms with Crippen molar-refractivity contribution in [2.24, 2.45) is 0 Å². The number of halogens is 3. The van der Waals surface area contributed by atoms with Gasteiger partial charge in [-0.15, -0.1) is 0 Å². The number of rotatable bonds is 6. The Morgan fingerprint density at radius 1 is 1.35 bits per heavy atom. The fourth-order valence-corrected chi connectivity index (χ4v) is 2.97. The number of ether oxygens (including phenoxy) is 1. The van der Waals surface area contributed by atoms with Crippen molar-refractivity contribution in [2.45, 2.75) is 24.2 Å². The molecule has 1 N–H and O–H groups in total. The van der Waals surface area contributed by atoms with Crippen LogP contribution in [0.2, 0.25) is 0 Å². The van der Waals surface area contributed by atoms with Crippen LogP contribution in [0, 0.1) is 0 Å². The quantitative estimate of drug-likeness (QED) is 0.869. The highest BCUT2D eigenvalue weighted by Crippen LogP contribution is 2.20. The largest absolute Gasteiger partial charge is 0.408 e. The summed E-state index contributed by atoms with van der Waals surface area (Å²) in [6.45, 7) is -1.05. The van der Waals surface area contributed by atoms with Crippen LogP contribution in [0.3, 0.4) is 0 Å². The van der Waals surface area contributed by atoms with Gasteiger partial charge >= 0.3 is 6.18 Å². The van der Waals surface area contributed by atoms with E-state index in [1.165, 1.54) is 19.2 Å². The fourth-order valence-electron chi connectivity index (χ4n) is 1.87. The van der Waals surface area contributed by atoms with Gasteiger partial charge in [0.2, 0.25) is 0 Å². The van der Waals surface area contributed by atoms with Crippen LogP contribution >= 0.6 is 0 Å². The Hall–Kier alpha value is -2.07. The Balaban J connectivity index is 2.17. The van der Waals surface area contributed by atoms with Crippen LogP contribution < -0.4 is 4.72 Å². The topological polar surface area (TPSA) is 73.2 Å². The van der Waals surface area contributed by atoms with Gasteiger partial charge in [0.15, 0.2) is 0 Å². The zero-order chi connectivity index (χ0) is 17.1. The average Bonchev–Trinajstić information content (AvgIpc) is 2.83. The average molecular weight is 349 g/mol. The normalized spacial score (nSPS) is 12.3. The van der Waals surface area contributed by atoms with Gasteiger partial charge in [-0.05, 0) is 17.7 Å². The Morgan fingerprint density at radius 3 is 2.74 bits per heavy atom. The predicted molar refractivity (Wildman–Crippen MR) is 76.2 cm³/mol. The van der Waals surface area contributed by atoms with Crippen molar-refractivity contribution in [3.05, 3.63) is 42.2 Å². The summed E-state index contributed by atoms with van der Waals surface area (Å²) in [5.41, 5.74) is 0.606. The molecule has 0 aliphatic carbocycles. The Bertz CT molecular complexity index is 772. The molecule has 0 unspecified atom stereocenters. The lowest BCUT2D eigenvalue weighted by Gasteiger charge is -2.08. The number of sulfonamides is 1. The number of hydrogen-bond acceptors (Lipinski definition) is 4. The van der Waals surface area contributed by atoms with E-state index in [0.717, 1.165) is 12.4 Å². The van der Waals surface area contributed by atoms with Crippen molar-refractivity contribution in [2.75, 3.05) is 11.8 Å². The number of methoxy groups -OCH3 is 1. The highest BCUT2D eigenvalue weighted by atomic mass is 32.2. The van der Waals surface area contributed by atoms with E-state index >= 15 is 0 Å². The van der Waals surface area contributed by atoms with Crippen LogP contribution in [0.5, 0.6) is 0 Å². The molecule has 0 atom stereocenters. The van der Waals surface area contributed by atoms with E-state index in [2.05, 4.69) is 9.82 Å². The third-order valence-corrected chi connectivity index (χ3v) is 4.13. The van der Waals surface area contributed by atoms with Crippen molar-refractivity contribution >= 4 is 15.7 Å². The SMILES string of the molecule is COCc1cccc(S(=O)(=O)Nc2cnn(CC(F)(F)F)c2)c1. The van der Waals surface area contributed by atoms with Gasteiger partial charge in [0, 0.05) is 13.3 Å². The standard InChI is InChI=1S/C13H14F3N3O3S/c1-22-8-10-3-2-4-12(5-10)23(20,21)18-11-6-17-19(7-11)9-13(14,15)16/h2-7,18H,8-9H2,1H3. The molecule has 6 nitrogen and oxygen atoms in total. The molecule has 23 heavy (non-hydrogen) atoms. The second-order valence-corrected chi connectivity index (χ2v) is 6.41. The first kappa shape index (κ1) is 17.3. The molecular weight excluding hydrogens is 335 g/mol. The highest BCUT2D eigenvalue weighted by Gasteiger charge is 2.28. The first-order chi connectivity index (χ1) is 10.7. The van der Waals surface area contributed by atoms with Gasteiger partial charge in [0.25, 0.3) is 10.0 Å². The van der Waals surface area contributed by atoms with Crippen molar-refractivity contribution in [3.63, 3.8) is 0 Å². The number of hydrogen-bond donors (Lipinski definition) is 1. The van der Waals surface area contributed by atoms with Crippen molar-refractivity contribution in [3.8, 4) is 0 Å². The molecule has 0 saturated carbocycles. The monoisotopic (exact) mass is 349 g/mol. The van der Waals surface area contributed by atoms with Crippen LogP contribution in [0.4, 0.5) is 18.9 Å². The van der Waals surface area contributed by atoms with Gasteiger partial charge in [-0.1, -0.05) is 12.1 Å². The van der Waals surface area contributed by atoms with Gasteiger partial charge in [-0.25, -0.2) is 8.42 Å². The highest BCUT2D eigenvalue weighted by molar-refractivity contribution is 7.92. The second-order valence-electron chi connectivity index (χ2n) is 4.73. The molecule has 1 heterocycles. The zero-order valence-electron chi connectivity index (χ0n) is 12.0. The zero-order valence-corrected chi connectivity index (χ0v) is 12.9. The van der Waals surface area contributed by atoms with Crippen LogP contribution in [-0.4, -0.2) is 31.5 Å². The van der Waals surface area contributed by atoms with Crippen molar-refractivity contribution in [1.29, 1.82) is 0 Å². The van der Waals surface area contributed by atoms with Crippen molar-refractivity contribution < 1.29 is 26.3 Å². The molecule has 2 aromatic rings. The molecule has 10 heteroatoms. The number of nitrogens with one attached hydrogen (secondary N) is 1. The maximum Gasteiger partial charge on any atom is 0.408 e. The molecule has 1 aromatic carbocycles. The predicted octanol–water partition coefficient (Wildman–Crippen LogP) is 2.39. The first-order valence-electron chi connectivity index (χ1n) is 6.39. The molecule has 126 valence electrons. The molecule has 0 radical (unpaired) electrons. The minimum absolute atomic E-state index is 0.0179.